The fraction of sp³-hybridized carbons (Fsp3) is 0.316. The summed E-state index contributed by atoms with van der Waals surface area (Å²) in [5.41, 5.74) is 0.602. The normalized spacial score (nSPS) is 16.0. The molecule has 136 valence electrons. The Morgan fingerprint density at radius 2 is 1.69 bits per heavy atom. The maximum atomic E-state index is 12.6. The van der Waals surface area contributed by atoms with Crippen molar-refractivity contribution < 1.29 is 24.2 Å². The summed E-state index contributed by atoms with van der Waals surface area (Å²) in [6.07, 6.45) is 4.05. The molecule has 1 aromatic carbocycles. The van der Waals surface area contributed by atoms with Gasteiger partial charge in [-0.15, -0.1) is 0 Å². The summed E-state index contributed by atoms with van der Waals surface area (Å²) < 4.78 is 5.29. The lowest BCUT2D eigenvalue weighted by Crippen LogP contribution is -2.53. The number of benzene rings is 1. The van der Waals surface area contributed by atoms with Crippen LogP contribution in [0.3, 0.4) is 0 Å². The molecule has 3 N–H and O–H groups in total. The van der Waals surface area contributed by atoms with E-state index in [4.69, 9.17) is 4.74 Å². The number of amides is 1. The van der Waals surface area contributed by atoms with E-state index >= 15 is 0 Å². The molecule has 0 saturated carbocycles. The molecule has 0 aliphatic carbocycles. The summed E-state index contributed by atoms with van der Waals surface area (Å²) in [6.45, 7) is 0.829. The zero-order valence-electron chi connectivity index (χ0n) is 14.2. The van der Waals surface area contributed by atoms with Gasteiger partial charge in [0.2, 0.25) is 0 Å². The number of carboxylic acids is 1. The number of H-pyrrole nitrogens is 1. The highest BCUT2D eigenvalue weighted by Crippen LogP contribution is 2.25. The largest absolute Gasteiger partial charge is 0.481 e. The van der Waals surface area contributed by atoms with Crippen LogP contribution in [0.5, 0.6) is 0 Å². The van der Waals surface area contributed by atoms with Gasteiger partial charge < -0.3 is 20.1 Å². The number of aromatic nitrogens is 1. The minimum atomic E-state index is -0.959. The predicted octanol–water partition coefficient (Wildman–Crippen LogP) is 2.00. The number of ketones is 1. The van der Waals surface area contributed by atoms with Crippen LogP contribution in [0.1, 0.15) is 45.5 Å². The summed E-state index contributed by atoms with van der Waals surface area (Å²) in [5, 5.41) is 12.0. The number of nitrogens with one attached hydrogen (secondary N) is 2. The Labute approximate surface area is 150 Å². The van der Waals surface area contributed by atoms with E-state index in [0.717, 1.165) is 0 Å². The van der Waals surface area contributed by atoms with Crippen LogP contribution in [0.2, 0.25) is 0 Å². The molecule has 1 aliphatic heterocycles. The van der Waals surface area contributed by atoms with Gasteiger partial charge in [0.05, 0.1) is 12.0 Å². The van der Waals surface area contributed by atoms with Crippen molar-refractivity contribution in [1.29, 1.82) is 0 Å². The Morgan fingerprint density at radius 3 is 2.27 bits per heavy atom. The molecule has 1 fully saturated rings. The SMILES string of the molecule is O=C(O)CC1(NC(=O)c2ccc(C(=O)c3cc[nH]c3)cc2)CCOCC1. The summed E-state index contributed by atoms with van der Waals surface area (Å²) in [5.74, 6) is -1.45. The number of hydrogen-bond acceptors (Lipinski definition) is 4. The molecule has 7 heteroatoms. The highest BCUT2D eigenvalue weighted by Gasteiger charge is 2.36. The molecule has 0 atom stereocenters. The van der Waals surface area contributed by atoms with Gasteiger partial charge in [-0.1, -0.05) is 12.1 Å². The van der Waals surface area contributed by atoms with Gasteiger partial charge in [-0.05, 0) is 31.0 Å². The minimum absolute atomic E-state index is 0.134. The van der Waals surface area contributed by atoms with Gasteiger partial charge in [-0.3, -0.25) is 14.4 Å². The highest BCUT2D eigenvalue weighted by atomic mass is 16.5. The maximum Gasteiger partial charge on any atom is 0.305 e. The van der Waals surface area contributed by atoms with Gasteiger partial charge in [0.25, 0.3) is 5.91 Å². The smallest absolute Gasteiger partial charge is 0.305 e. The van der Waals surface area contributed by atoms with E-state index < -0.39 is 11.5 Å². The molecule has 0 spiro atoms. The summed E-state index contributed by atoms with van der Waals surface area (Å²) in [4.78, 5) is 38.9. The molecular formula is C19H20N2O5. The molecule has 3 rings (SSSR count). The Hall–Kier alpha value is -2.93. The van der Waals surface area contributed by atoms with E-state index in [1.165, 1.54) is 0 Å². The van der Waals surface area contributed by atoms with Crippen LogP contribution in [0, 0.1) is 0 Å². The standard InChI is InChI=1S/C19H20N2O5/c22-16(23)11-19(6-9-26-10-7-19)21-18(25)14-3-1-13(2-4-14)17(24)15-5-8-20-12-15/h1-5,8,12,20H,6-7,9-11H2,(H,21,25)(H,22,23). The first kappa shape index (κ1) is 17.9. The van der Waals surface area contributed by atoms with Crippen LogP contribution in [0.25, 0.3) is 0 Å². The third-order valence-electron chi connectivity index (χ3n) is 4.59. The summed E-state index contributed by atoms with van der Waals surface area (Å²) >= 11 is 0. The number of aromatic amines is 1. The van der Waals surface area contributed by atoms with Crippen LogP contribution >= 0.6 is 0 Å². The quantitative estimate of drug-likeness (QED) is 0.686. The first-order chi connectivity index (χ1) is 12.5. The molecule has 0 radical (unpaired) electrons. The Morgan fingerprint density at radius 1 is 1.04 bits per heavy atom. The lowest BCUT2D eigenvalue weighted by molar-refractivity contribution is -0.139. The lowest BCUT2D eigenvalue weighted by atomic mass is 9.86. The molecule has 1 amide bonds. The Bertz CT molecular complexity index is 790. The van der Waals surface area contributed by atoms with E-state index in [1.807, 2.05) is 0 Å². The molecule has 1 aromatic heterocycles. The van der Waals surface area contributed by atoms with E-state index in [-0.39, 0.29) is 18.1 Å². The van der Waals surface area contributed by atoms with Gasteiger partial charge in [0.1, 0.15) is 0 Å². The Balaban J connectivity index is 1.72. The first-order valence-electron chi connectivity index (χ1n) is 8.39. The maximum absolute atomic E-state index is 12.6. The molecule has 7 nitrogen and oxygen atoms in total. The van der Waals surface area contributed by atoms with Crippen LogP contribution in [-0.4, -0.2) is 46.5 Å². The number of rotatable bonds is 6. The second-order valence-electron chi connectivity index (χ2n) is 6.42. The third kappa shape index (κ3) is 4.00. The van der Waals surface area contributed by atoms with Crippen LogP contribution in [0.15, 0.2) is 42.7 Å². The average Bonchev–Trinajstić information content (AvgIpc) is 3.16. The predicted molar refractivity (Wildman–Crippen MR) is 93.2 cm³/mol. The number of hydrogen-bond donors (Lipinski definition) is 3. The molecule has 1 saturated heterocycles. The van der Waals surface area contributed by atoms with Crippen LogP contribution in [0.4, 0.5) is 0 Å². The summed E-state index contributed by atoms with van der Waals surface area (Å²) in [6, 6.07) is 8.02. The van der Waals surface area contributed by atoms with Crippen molar-refractivity contribution in [2.24, 2.45) is 0 Å². The van der Waals surface area contributed by atoms with Gasteiger partial charge in [0.15, 0.2) is 5.78 Å². The minimum Gasteiger partial charge on any atom is -0.481 e. The monoisotopic (exact) mass is 356 g/mol. The highest BCUT2D eigenvalue weighted by molar-refractivity contribution is 6.09. The molecule has 0 unspecified atom stereocenters. The van der Waals surface area contributed by atoms with E-state index in [2.05, 4.69) is 10.3 Å². The number of carboxylic acid groups (broad SMARTS) is 1. The first-order valence-corrected chi connectivity index (χ1v) is 8.39. The van der Waals surface area contributed by atoms with Gasteiger partial charge in [-0.25, -0.2) is 0 Å². The molecule has 2 aromatic rings. The van der Waals surface area contributed by atoms with Gasteiger partial charge in [0, 0.05) is 42.3 Å². The van der Waals surface area contributed by atoms with Crippen molar-refractivity contribution in [1.82, 2.24) is 10.3 Å². The van der Waals surface area contributed by atoms with E-state index in [0.29, 0.717) is 42.7 Å². The zero-order valence-corrected chi connectivity index (χ0v) is 14.2. The van der Waals surface area contributed by atoms with Crippen LogP contribution < -0.4 is 5.32 Å². The van der Waals surface area contributed by atoms with Crippen molar-refractivity contribution in [3.8, 4) is 0 Å². The average molecular weight is 356 g/mol. The van der Waals surface area contributed by atoms with Gasteiger partial charge in [-0.2, -0.15) is 0 Å². The number of carbonyl (C=O) groups excluding carboxylic acids is 2. The fourth-order valence-electron chi connectivity index (χ4n) is 3.12. The number of ether oxygens (including phenoxy) is 1. The zero-order chi connectivity index (χ0) is 18.6. The molecule has 0 bridgehead atoms. The number of carbonyl (C=O) groups is 3. The molecule has 2 heterocycles. The molecule has 26 heavy (non-hydrogen) atoms. The Kier molecular flexibility index (Phi) is 5.18. The van der Waals surface area contributed by atoms with Crippen molar-refractivity contribution in [3.05, 3.63) is 59.4 Å². The van der Waals surface area contributed by atoms with E-state index in [1.54, 1.807) is 42.7 Å². The molecular weight excluding hydrogens is 336 g/mol. The fourth-order valence-corrected chi connectivity index (χ4v) is 3.12. The second-order valence-corrected chi connectivity index (χ2v) is 6.42. The van der Waals surface area contributed by atoms with Crippen molar-refractivity contribution in [3.63, 3.8) is 0 Å². The van der Waals surface area contributed by atoms with Crippen molar-refractivity contribution in [2.45, 2.75) is 24.8 Å². The second kappa shape index (κ2) is 7.53. The third-order valence-corrected chi connectivity index (χ3v) is 4.59. The number of aliphatic carboxylic acids is 1. The molecule has 1 aliphatic rings. The summed E-state index contributed by atoms with van der Waals surface area (Å²) in [7, 11) is 0. The topological polar surface area (TPSA) is 108 Å². The van der Waals surface area contributed by atoms with Gasteiger partial charge >= 0.3 is 5.97 Å². The van der Waals surface area contributed by atoms with Crippen LogP contribution in [-0.2, 0) is 9.53 Å². The lowest BCUT2D eigenvalue weighted by Gasteiger charge is -2.36. The van der Waals surface area contributed by atoms with Crippen molar-refractivity contribution >= 4 is 17.7 Å². The van der Waals surface area contributed by atoms with E-state index in [9.17, 15) is 19.5 Å². The van der Waals surface area contributed by atoms with Crippen molar-refractivity contribution in [2.75, 3.05) is 13.2 Å².